The first kappa shape index (κ1) is 15.1. The van der Waals surface area contributed by atoms with Gasteiger partial charge >= 0.3 is 0 Å². The van der Waals surface area contributed by atoms with Crippen molar-refractivity contribution in [2.45, 2.75) is 25.4 Å². The Bertz CT molecular complexity index is 1090. The van der Waals surface area contributed by atoms with Crippen LogP contribution in [0.3, 0.4) is 0 Å². The number of nitriles is 1. The van der Waals surface area contributed by atoms with Crippen LogP contribution < -0.4 is 0 Å². The summed E-state index contributed by atoms with van der Waals surface area (Å²) in [7, 11) is 0. The highest BCUT2D eigenvalue weighted by molar-refractivity contribution is 6.09. The van der Waals surface area contributed by atoms with Crippen LogP contribution in [0.25, 0.3) is 22.2 Å². The molecule has 0 saturated heterocycles. The molecule has 5 rings (SSSR count). The molecule has 3 heterocycles. The number of benzene rings is 1. The van der Waals surface area contributed by atoms with Gasteiger partial charge in [-0.15, -0.1) is 0 Å². The first-order valence-corrected chi connectivity index (χ1v) is 8.66. The Morgan fingerprint density at radius 1 is 1.19 bits per heavy atom. The number of hydrogen-bond donors (Lipinski definition) is 0. The minimum absolute atomic E-state index is 0.0171. The molecule has 0 bridgehead atoms. The Morgan fingerprint density at radius 3 is 2.65 bits per heavy atom. The van der Waals surface area contributed by atoms with Crippen LogP contribution in [0, 0.1) is 17.1 Å². The third kappa shape index (κ3) is 2.14. The lowest BCUT2D eigenvalue weighted by Crippen LogP contribution is -2.41. The van der Waals surface area contributed by atoms with E-state index >= 15 is 0 Å². The molecule has 6 heteroatoms. The van der Waals surface area contributed by atoms with Crippen LogP contribution in [0.4, 0.5) is 4.39 Å². The van der Waals surface area contributed by atoms with Gasteiger partial charge in [0.25, 0.3) is 5.91 Å². The number of hydrogen-bond acceptors (Lipinski definition) is 3. The van der Waals surface area contributed by atoms with Crippen LogP contribution in [0.5, 0.6) is 0 Å². The quantitative estimate of drug-likeness (QED) is 0.715. The fourth-order valence-corrected chi connectivity index (χ4v) is 3.81. The van der Waals surface area contributed by atoms with E-state index in [0.29, 0.717) is 41.4 Å². The van der Waals surface area contributed by atoms with Gasteiger partial charge in [-0.3, -0.25) is 9.78 Å². The third-order valence-electron chi connectivity index (χ3n) is 5.19. The second kappa shape index (κ2) is 5.40. The molecule has 0 atom stereocenters. The van der Waals surface area contributed by atoms with Crippen molar-refractivity contribution in [1.29, 1.82) is 5.26 Å². The number of aromatic nitrogens is 2. The molecule has 26 heavy (non-hydrogen) atoms. The molecule has 1 amide bonds. The average molecular weight is 346 g/mol. The van der Waals surface area contributed by atoms with Gasteiger partial charge in [0.2, 0.25) is 0 Å². The Labute approximate surface area is 149 Å². The lowest BCUT2D eigenvalue weighted by Gasteiger charge is -2.29. The van der Waals surface area contributed by atoms with Gasteiger partial charge in [-0.25, -0.2) is 4.39 Å². The molecule has 1 fully saturated rings. The number of carbonyl (C=O) groups is 1. The van der Waals surface area contributed by atoms with Crippen molar-refractivity contribution in [3.63, 3.8) is 0 Å². The summed E-state index contributed by atoms with van der Waals surface area (Å²) < 4.78 is 15.7. The lowest BCUT2D eigenvalue weighted by molar-refractivity contribution is 0.0694. The van der Waals surface area contributed by atoms with Crippen molar-refractivity contribution in [3.05, 3.63) is 53.6 Å². The van der Waals surface area contributed by atoms with Crippen LogP contribution in [-0.2, 0) is 6.54 Å². The highest BCUT2D eigenvalue weighted by Crippen LogP contribution is 2.39. The molecule has 1 saturated carbocycles. The number of pyridine rings is 1. The molecule has 0 unspecified atom stereocenters. The number of rotatable bonds is 2. The van der Waals surface area contributed by atoms with Crippen molar-refractivity contribution >= 4 is 16.9 Å². The van der Waals surface area contributed by atoms with Crippen molar-refractivity contribution in [1.82, 2.24) is 14.5 Å². The van der Waals surface area contributed by atoms with E-state index in [0.717, 1.165) is 24.0 Å². The average Bonchev–Trinajstić information content (AvgIpc) is 3.44. The minimum atomic E-state index is -0.416. The van der Waals surface area contributed by atoms with Crippen molar-refractivity contribution in [2.75, 3.05) is 6.54 Å². The molecule has 2 aliphatic rings. The highest BCUT2D eigenvalue weighted by atomic mass is 19.1. The second-order valence-electron chi connectivity index (χ2n) is 6.82. The molecular weight excluding hydrogens is 331 g/mol. The number of amides is 1. The SMILES string of the molecule is N#Cc1ccc(-c2c3n(c4cc(F)cnc24)CCN(C2CC2)C3=O)cc1. The van der Waals surface area contributed by atoms with Gasteiger partial charge in [0.1, 0.15) is 11.5 Å². The summed E-state index contributed by atoms with van der Waals surface area (Å²) >= 11 is 0. The zero-order chi connectivity index (χ0) is 17.8. The zero-order valence-corrected chi connectivity index (χ0v) is 13.9. The molecule has 128 valence electrons. The van der Waals surface area contributed by atoms with Crippen molar-refractivity contribution < 1.29 is 9.18 Å². The van der Waals surface area contributed by atoms with E-state index in [4.69, 9.17) is 5.26 Å². The first-order valence-electron chi connectivity index (χ1n) is 8.66. The lowest BCUT2D eigenvalue weighted by atomic mass is 10.0. The summed E-state index contributed by atoms with van der Waals surface area (Å²) in [6.07, 6.45) is 3.28. The summed E-state index contributed by atoms with van der Waals surface area (Å²) in [4.78, 5) is 19.4. The van der Waals surface area contributed by atoms with E-state index in [1.807, 2.05) is 21.6 Å². The summed E-state index contributed by atoms with van der Waals surface area (Å²) in [5, 5.41) is 9.03. The largest absolute Gasteiger partial charge is 0.333 e. The first-order chi connectivity index (χ1) is 12.7. The fraction of sp³-hybridized carbons (Fsp3) is 0.250. The van der Waals surface area contributed by atoms with E-state index < -0.39 is 5.82 Å². The molecular formula is C20H15FN4O. The smallest absolute Gasteiger partial charge is 0.271 e. The van der Waals surface area contributed by atoms with Crippen LogP contribution >= 0.6 is 0 Å². The maximum absolute atomic E-state index is 13.8. The van der Waals surface area contributed by atoms with Gasteiger partial charge < -0.3 is 9.47 Å². The van der Waals surface area contributed by atoms with Crippen molar-refractivity contribution in [2.24, 2.45) is 0 Å². The Morgan fingerprint density at radius 2 is 1.96 bits per heavy atom. The number of nitrogens with zero attached hydrogens (tertiary/aromatic N) is 4. The van der Waals surface area contributed by atoms with E-state index in [1.165, 1.54) is 12.3 Å². The molecule has 0 radical (unpaired) electrons. The van der Waals surface area contributed by atoms with Crippen LogP contribution in [0.1, 0.15) is 28.9 Å². The predicted molar refractivity (Wildman–Crippen MR) is 93.9 cm³/mol. The molecule has 0 N–H and O–H groups in total. The molecule has 1 aliphatic heterocycles. The summed E-state index contributed by atoms with van der Waals surface area (Å²) in [6.45, 7) is 1.28. The second-order valence-corrected chi connectivity index (χ2v) is 6.82. The van der Waals surface area contributed by atoms with Crippen molar-refractivity contribution in [3.8, 4) is 17.2 Å². The summed E-state index contributed by atoms with van der Waals surface area (Å²) in [5.74, 6) is -0.433. The topological polar surface area (TPSA) is 61.9 Å². The van der Waals surface area contributed by atoms with Crippen LogP contribution in [0.2, 0.25) is 0 Å². The molecule has 0 spiro atoms. The highest BCUT2D eigenvalue weighted by Gasteiger charge is 2.39. The van der Waals surface area contributed by atoms with Gasteiger partial charge in [-0.05, 0) is 30.5 Å². The van der Waals surface area contributed by atoms with Gasteiger partial charge in [0.05, 0.1) is 28.9 Å². The maximum atomic E-state index is 13.8. The molecule has 1 aliphatic carbocycles. The van der Waals surface area contributed by atoms with Gasteiger partial charge in [0.15, 0.2) is 0 Å². The summed E-state index contributed by atoms with van der Waals surface area (Å²) in [6, 6.07) is 11.0. The normalized spacial score (nSPS) is 16.6. The number of carbonyl (C=O) groups excluding carboxylic acids is 1. The molecule has 1 aromatic carbocycles. The van der Waals surface area contributed by atoms with E-state index in [2.05, 4.69) is 11.1 Å². The maximum Gasteiger partial charge on any atom is 0.271 e. The Kier molecular flexibility index (Phi) is 3.13. The zero-order valence-electron chi connectivity index (χ0n) is 13.9. The molecule has 2 aromatic heterocycles. The standard InChI is InChI=1S/C20H15FN4O/c21-14-9-16-18(23-11-14)17(13-3-1-12(10-22)2-4-13)19-20(26)24(15-5-6-15)7-8-25(16)19/h1-4,9,11,15H,5-8H2. The fourth-order valence-electron chi connectivity index (χ4n) is 3.81. The number of fused-ring (bicyclic) bond motifs is 3. The van der Waals surface area contributed by atoms with Crippen LogP contribution in [0.15, 0.2) is 36.5 Å². The number of halogens is 1. The van der Waals surface area contributed by atoms with Gasteiger partial charge in [-0.1, -0.05) is 12.1 Å². The monoisotopic (exact) mass is 346 g/mol. The van der Waals surface area contributed by atoms with E-state index in [9.17, 15) is 9.18 Å². The molecule has 5 nitrogen and oxygen atoms in total. The Balaban J connectivity index is 1.78. The van der Waals surface area contributed by atoms with E-state index in [-0.39, 0.29) is 5.91 Å². The third-order valence-corrected chi connectivity index (χ3v) is 5.19. The van der Waals surface area contributed by atoms with Gasteiger partial charge in [-0.2, -0.15) is 5.26 Å². The summed E-state index contributed by atoms with van der Waals surface area (Å²) in [5.41, 5.74) is 3.92. The Hall–Kier alpha value is -3.20. The molecule has 3 aromatic rings. The van der Waals surface area contributed by atoms with E-state index in [1.54, 1.807) is 12.1 Å². The van der Waals surface area contributed by atoms with Crippen LogP contribution in [-0.4, -0.2) is 32.9 Å². The minimum Gasteiger partial charge on any atom is -0.333 e. The van der Waals surface area contributed by atoms with Gasteiger partial charge in [0, 0.05) is 30.8 Å². The predicted octanol–water partition coefficient (Wildman–Crippen LogP) is 3.33.